The van der Waals surface area contributed by atoms with Crippen LogP contribution in [0.25, 0.3) is 0 Å². The van der Waals surface area contributed by atoms with Crippen LogP contribution < -0.4 is 4.72 Å². The molecule has 0 saturated carbocycles. The molecule has 0 fully saturated rings. The van der Waals surface area contributed by atoms with Crippen molar-refractivity contribution in [3.8, 4) is 0 Å². The molecular weight excluding hydrogens is 254 g/mol. The van der Waals surface area contributed by atoms with E-state index in [1.807, 2.05) is 50.4 Å². The Morgan fingerprint density at radius 2 is 1.82 bits per heavy atom. The van der Waals surface area contributed by atoms with Crippen molar-refractivity contribution in [2.24, 2.45) is 0 Å². The fraction of sp³-hybridized carbons (Fsp3) is 0.500. The van der Waals surface area contributed by atoms with Crippen molar-refractivity contribution in [3.63, 3.8) is 0 Å². The van der Waals surface area contributed by atoms with Gasteiger partial charge in [0.25, 0.3) is 0 Å². The first-order valence-corrected chi connectivity index (χ1v) is 8.33. The van der Waals surface area contributed by atoms with Gasteiger partial charge in [0.15, 0.2) is 0 Å². The first kappa shape index (κ1) is 14.5. The summed E-state index contributed by atoms with van der Waals surface area (Å²) in [5.41, 5.74) is 1.04. The molecule has 0 bridgehead atoms. The molecule has 0 radical (unpaired) electrons. The Labute approximate surface area is 108 Å². The number of hydrogen-bond donors (Lipinski definition) is 1. The van der Waals surface area contributed by atoms with Crippen LogP contribution in [0.3, 0.4) is 0 Å². The Balaban J connectivity index is 2.57. The zero-order valence-corrected chi connectivity index (χ0v) is 12.1. The molecule has 0 aromatic heterocycles. The molecule has 96 valence electrons. The van der Waals surface area contributed by atoms with Crippen molar-refractivity contribution in [2.75, 3.05) is 12.0 Å². The van der Waals surface area contributed by atoms with Gasteiger partial charge in [-0.3, -0.25) is 0 Å². The molecule has 0 atom stereocenters. The van der Waals surface area contributed by atoms with E-state index in [0.717, 1.165) is 5.56 Å². The molecular formula is C12H19NO2S2. The van der Waals surface area contributed by atoms with Crippen molar-refractivity contribution in [3.05, 3.63) is 35.9 Å². The Morgan fingerprint density at radius 3 is 2.35 bits per heavy atom. The molecule has 0 heterocycles. The molecule has 1 N–H and O–H groups in total. The van der Waals surface area contributed by atoms with E-state index < -0.39 is 14.9 Å². The van der Waals surface area contributed by atoms with Crippen LogP contribution in [-0.4, -0.2) is 25.3 Å². The summed E-state index contributed by atoms with van der Waals surface area (Å²) in [6.07, 6.45) is 2.43. The highest BCUT2D eigenvalue weighted by atomic mass is 32.2. The van der Waals surface area contributed by atoms with Gasteiger partial charge in [0.05, 0.1) is 10.6 Å². The third-order valence-corrected chi connectivity index (χ3v) is 5.23. The summed E-state index contributed by atoms with van der Waals surface area (Å²) in [6.45, 7) is 3.72. The van der Waals surface area contributed by atoms with Gasteiger partial charge in [-0.1, -0.05) is 30.3 Å². The maximum absolute atomic E-state index is 11.9. The van der Waals surface area contributed by atoms with E-state index in [0.29, 0.717) is 6.42 Å². The molecule has 0 aliphatic carbocycles. The molecule has 0 unspecified atom stereocenters. The first-order chi connectivity index (χ1) is 7.85. The fourth-order valence-electron chi connectivity index (χ4n) is 1.36. The van der Waals surface area contributed by atoms with Crippen LogP contribution in [0.1, 0.15) is 19.4 Å². The lowest BCUT2D eigenvalue weighted by atomic mass is 10.2. The lowest BCUT2D eigenvalue weighted by molar-refractivity contribution is 0.558. The molecule has 0 amide bonds. The molecule has 0 aliphatic heterocycles. The molecule has 1 aromatic rings. The molecule has 3 nitrogen and oxygen atoms in total. The lowest BCUT2D eigenvalue weighted by Crippen LogP contribution is -2.41. The van der Waals surface area contributed by atoms with Crippen LogP contribution in [0.15, 0.2) is 30.3 Å². The molecule has 0 aliphatic rings. The van der Waals surface area contributed by atoms with Crippen LogP contribution in [-0.2, 0) is 16.4 Å². The Morgan fingerprint density at radius 1 is 1.24 bits per heavy atom. The number of sulfonamides is 1. The molecule has 0 spiro atoms. The SMILES string of the molecule is CSC(C)(C)NS(=O)(=O)CCc1ccccc1. The predicted octanol–water partition coefficient (Wildman–Crippen LogP) is 2.25. The van der Waals surface area contributed by atoms with Gasteiger partial charge in [0.2, 0.25) is 10.0 Å². The highest BCUT2D eigenvalue weighted by Crippen LogP contribution is 2.18. The average Bonchev–Trinajstić information content (AvgIpc) is 2.27. The van der Waals surface area contributed by atoms with Gasteiger partial charge in [-0.05, 0) is 32.1 Å². The van der Waals surface area contributed by atoms with E-state index in [1.165, 1.54) is 11.8 Å². The smallest absolute Gasteiger partial charge is 0.212 e. The van der Waals surface area contributed by atoms with Crippen molar-refractivity contribution in [1.29, 1.82) is 0 Å². The van der Waals surface area contributed by atoms with Gasteiger partial charge >= 0.3 is 0 Å². The van der Waals surface area contributed by atoms with Gasteiger partial charge in [0.1, 0.15) is 0 Å². The number of aryl methyl sites for hydroxylation is 1. The lowest BCUT2D eigenvalue weighted by Gasteiger charge is -2.23. The largest absolute Gasteiger partial charge is 0.213 e. The first-order valence-electron chi connectivity index (χ1n) is 5.45. The second-order valence-electron chi connectivity index (χ2n) is 4.37. The molecule has 17 heavy (non-hydrogen) atoms. The van der Waals surface area contributed by atoms with E-state index in [1.54, 1.807) is 0 Å². The minimum absolute atomic E-state index is 0.126. The minimum atomic E-state index is -3.22. The topological polar surface area (TPSA) is 46.2 Å². The molecule has 0 saturated heterocycles. The Kier molecular flexibility index (Phi) is 5.04. The van der Waals surface area contributed by atoms with Crippen LogP contribution in [0.2, 0.25) is 0 Å². The van der Waals surface area contributed by atoms with Gasteiger partial charge in [-0.2, -0.15) is 0 Å². The van der Waals surface area contributed by atoms with E-state index in [9.17, 15) is 8.42 Å². The second kappa shape index (κ2) is 5.89. The quantitative estimate of drug-likeness (QED) is 0.809. The van der Waals surface area contributed by atoms with Crippen molar-refractivity contribution in [1.82, 2.24) is 4.72 Å². The maximum atomic E-state index is 11.9. The number of hydrogen-bond acceptors (Lipinski definition) is 3. The highest BCUT2D eigenvalue weighted by molar-refractivity contribution is 8.00. The normalized spacial score (nSPS) is 12.6. The fourth-order valence-corrected chi connectivity index (χ4v) is 3.43. The summed E-state index contributed by atoms with van der Waals surface area (Å²) in [7, 11) is -3.22. The van der Waals surface area contributed by atoms with E-state index in [2.05, 4.69) is 4.72 Å². The Bertz CT molecular complexity index is 441. The third-order valence-electron chi connectivity index (χ3n) is 2.41. The average molecular weight is 273 g/mol. The molecule has 5 heteroatoms. The van der Waals surface area contributed by atoms with E-state index in [-0.39, 0.29) is 5.75 Å². The minimum Gasteiger partial charge on any atom is -0.212 e. The molecule has 1 aromatic carbocycles. The zero-order valence-electron chi connectivity index (χ0n) is 10.4. The summed E-state index contributed by atoms with van der Waals surface area (Å²) in [5, 5.41) is 0. The van der Waals surface area contributed by atoms with Crippen LogP contribution in [0, 0.1) is 0 Å². The Hall–Kier alpha value is -0.520. The van der Waals surface area contributed by atoms with Gasteiger partial charge in [-0.15, -0.1) is 11.8 Å². The number of thioether (sulfide) groups is 1. The highest BCUT2D eigenvalue weighted by Gasteiger charge is 2.23. The van der Waals surface area contributed by atoms with E-state index in [4.69, 9.17) is 0 Å². The van der Waals surface area contributed by atoms with Gasteiger partial charge < -0.3 is 0 Å². The third kappa shape index (κ3) is 5.57. The summed E-state index contributed by atoms with van der Waals surface area (Å²) < 4.78 is 26.4. The number of rotatable bonds is 6. The summed E-state index contributed by atoms with van der Waals surface area (Å²) in [4.78, 5) is -0.449. The van der Waals surface area contributed by atoms with Gasteiger partial charge in [-0.25, -0.2) is 13.1 Å². The molecule has 1 rings (SSSR count). The predicted molar refractivity (Wildman–Crippen MR) is 74.7 cm³/mol. The van der Waals surface area contributed by atoms with Crippen molar-refractivity contribution in [2.45, 2.75) is 25.1 Å². The van der Waals surface area contributed by atoms with Crippen LogP contribution >= 0.6 is 11.8 Å². The van der Waals surface area contributed by atoms with Crippen LogP contribution in [0.5, 0.6) is 0 Å². The zero-order chi connectivity index (χ0) is 12.9. The van der Waals surface area contributed by atoms with Crippen molar-refractivity contribution >= 4 is 21.8 Å². The second-order valence-corrected chi connectivity index (χ2v) is 7.64. The van der Waals surface area contributed by atoms with Crippen LogP contribution in [0.4, 0.5) is 0 Å². The summed E-state index contributed by atoms with van der Waals surface area (Å²) >= 11 is 1.49. The standard InChI is InChI=1S/C12H19NO2S2/c1-12(2,16-3)13-17(14,15)10-9-11-7-5-4-6-8-11/h4-8,13H,9-10H2,1-3H3. The number of nitrogens with one attached hydrogen (secondary N) is 1. The summed E-state index contributed by atoms with van der Waals surface area (Å²) in [5.74, 6) is 0.126. The monoisotopic (exact) mass is 273 g/mol. The van der Waals surface area contributed by atoms with Gasteiger partial charge in [0, 0.05) is 0 Å². The van der Waals surface area contributed by atoms with Crippen molar-refractivity contribution < 1.29 is 8.42 Å². The van der Waals surface area contributed by atoms with E-state index >= 15 is 0 Å². The number of benzene rings is 1. The summed E-state index contributed by atoms with van der Waals surface area (Å²) in [6, 6.07) is 9.64. The maximum Gasteiger partial charge on any atom is 0.213 e.